The number of carbonyl (C=O) groups is 3. The largest absolute Gasteiger partial charge is 0.490 e. The van der Waals surface area contributed by atoms with E-state index in [-0.39, 0.29) is 23.8 Å². The Morgan fingerprint density at radius 1 is 0.953 bits per heavy atom. The van der Waals surface area contributed by atoms with Gasteiger partial charge in [0.2, 0.25) is 5.91 Å². The summed E-state index contributed by atoms with van der Waals surface area (Å²) in [6.45, 7) is 9.28. The van der Waals surface area contributed by atoms with E-state index in [9.17, 15) is 22.8 Å². The molecule has 3 aliphatic heterocycles. The maximum absolute atomic E-state index is 13.0. The van der Waals surface area contributed by atoms with Crippen molar-refractivity contribution in [2.75, 3.05) is 32.8 Å². The molecule has 3 N–H and O–H groups in total. The van der Waals surface area contributed by atoms with Gasteiger partial charge in [0.1, 0.15) is 12.2 Å². The molecular formula is C31H38F3N3O6. The Labute approximate surface area is 248 Å². The second-order valence-corrected chi connectivity index (χ2v) is 12.1. The Morgan fingerprint density at radius 3 is 2.09 bits per heavy atom. The van der Waals surface area contributed by atoms with Crippen LogP contribution in [0.25, 0.3) is 0 Å². The van der Waals surface area contributed by atoms with Gasteiger partial charge in [0, 0.05) is 30.8 Å². The van der Waals surface area contributed by atoms with E-state index in [2.05, 4.69) is 30.9 Å². The number of hydrogen-bond acceptors (Lipinski definition) is 6. The number of fused-ring (bicyclic) bond motifs is 1. The molecule has 1 spiro atoms. The molecule has 0 saturated carbocycles. The number of amides is 2. The Kier molecular flexibility index (Phi) is 9.58. The Hall–Kier alpha value is -3.80. The van der Waals surface area contributed by atoms with Gasteiger partial charge in [0.05, 0.1) is 6.42 Å². The number of aliphatic carboxylic acids is 1. The fourth-order valence-corrected chi connectivity index (χ4v) is 5.73. The number of carboxylic acid groups (broad SMARTS) is 1. The van der Waals surface area contributed by atoms with Gasteiger partial charge in [-0.3, -0.25) is 14.5 Å². The van der Waals surface area contributed by atoms with Crippen molar-refractivity contribution in [2.24, 2.45) is 11.1 Å². The molecule has 12 heteroatoms. The van der Waals surface area contributed by atoms with E-state index in [4.69, 9.17) is 25.1 Å². The maximum Gasteiger partial charge on any atom is 0.490 e. The smallest absolute Gasteiger partial charge is 0.486 e. The van der Waals surface area contributed by atoms with Crippen molar-refractivity contribution in [3.05, 3.63) is 59.2 Å². The highest BCUT2D eigenvalue weighted by Crippen LogP contribution is 2.43. The van der Waals surface area contributed by atoms with Crippen molar-refractivity contribution in [2.45, 2.75) is 64.3 Å². The van der Waals surface area contributed by atoms with E-state index in [1.54, 1.807) is 0 Å². The molecule has 0 radical (unpaired) electrons. The lowest BCUT2D eigenvalue weighted by molar-refractivity contribution is -0.192. The number of nitrogens with zero attached hydrogens (tertiary/aromatic N) is 2. The highest BCUT2D eigenvalue weighted by molar-refractivity contribution is 5.94. The van der Waals surface area contributed by atoms with E-state index in [0.29, 0.717) is 17.6 Å². The topological polar surface area (TPSA) is 122 Å². The molecule has 3 aliphatic rings. The summed E-state index contributed by atoms with van der Waals surface area (Å²) in [7, 11) is 0. The van der Waals surface area contributed by atoms with Crippen LogP contribution in [0.1, 0.15) is 61.0 Å². The molecule has 5 rings (SSSR count). The van der Waals surface area contributed by atoms with Crippen molar-refractivity contribution in [1.29, 1.82) is 0 Å². The lowest BCUT2D eigenvalue weighted by Crippen LogP contribution is -2.48. The number of ether oxygens (including phenoxy) is 2. The van der Waals surface area contributed by atoms with Gasteiger partial charge in [-0.2, -0.15) is 13.2 Å². The highest BCUT2D eigenvalue weighted by atomic mass is 19.4. The lowest BCUT2D eigenvalue weighted by atomic mass is 9.71. The second-order valence-electron chi connectivity index (χ2n) is 12.1. The van der Waals surface area contributed by atoms with Gasteiger partial charge < -0.3 is 25.2 Å². The van der Waals surface area contributed by atoms with Crippen LogP contribution in [0.5, 0.6) is 11.5 Å². The quantitative estimate of drug-likeness (QED) is 0.518. The monoisotopic (exact) mass is 605 g/mol. The van der Waals surface area contributed by atoms with Crippen LogP contribution in [0, 0.1) is 5.41 Å². The van der Waals surface area contributed by atoms with Crippen LogP contribution < -0.4 is 15.2 Å². The number of likely N-dealkylation sites (tertiary alicyclic amines) is 2. The van der Waals surface area contributed by atoms with Crippen LogP contribution in [0.15, 0.2) is 42.5 Å². The summed E-state index contributed by atoms with van der Waals surface area (Å²) >= 11 is 0. The summed E-state index contributed by atoms with van der Waals surface area (Å²) in [6.07, 6.45) is -0.455. The minimum atomic E-state index is -5.08. The van der Waals surface area contributed by atoms with Crippen LogP contribution in [0.3, 0.4) is 0 Å². The number of primary amides is 1. The Balaban J connectivity index is 0.000000541. The van der Waals surface area contributed by atoms with Crippen molar-refractivity contribution >= 4 is 17.8 Å². The van der Waals surface area contributed by atoms with E-state index < -0.39 is 12.1 Å². The van der Waals surface area contributed by atoms with Gasteiger partial charge >= 0.3 is 12.1 Å². The Morgan fingerprint density at radius 2 is 1.53 bits per heavy atom. The molecule has 2 saturated heterocycles. The number of halogens is 3. The van der Waals surface area contributed by atoms with Gasteiger partial charge in [-0.05, 0) is 81.8 Å². The fraction of sp³-hybridized carbons (Fsp3) is 0.516. The van der Waals surface area contributed by atoms with Gasteiger partial charge in [0.25, 0.3) is 5.91 Å². The third kappa shape index (κ3) is 8.40. The molecule has 9 nitrogen and oxygen atoms in total. The summed E-state index contributed by atoms with van der Waals surface area (Å²) in [4.78, 5) is 37.5. The molecule has 43 heavy (non-hydrogen) atoms. The number of alkyl halides is 3. The van der Waals surface area contributed by atoms with Crippen molar-refractivity contribution < 1.29 is 42.1 Å². The molecule has 2 amide bonds. The van der Waals surface area contributed by atoms with Crippen LogP contribution >= 0.6 is 0 Å². The predicted octanol–water partition coefficient (Wildman–Crippen LogP) is 4.42. The number of para-hydroxylation sites is 1. The van der Waals surface area contributed by atoms with E-state index >= 15 is 0 Å². The fourth-order valence-electron chi connectivity index (χ4n) is 5.73. The summed E-state index contributed by atoms with van der Waals surface area (Å²) in [5, 5.41) is 7.12. The van der Waals surface area contributed by atoms with E-state index in [1.165, 1.54) is 5.56 Å². The molecule has 2 fully saturated rings. The molecular weight excluding hydrogens is 567 g/mol. The van der Waals surface area contributed by atoms with Crippen LogP contribution in [0.2, 0.25) is 0 Å². The van der Waals surface area contributed by atoms with Crippen molar-refractivity contribution in [3.63, 3.8) is 0 Å². The number of carboxylic acids is 1. The molecule has 2 aromatic rings. The van der Waals surface area contributed by atoms with E-state index in [0.717, 1.165) is 75.5 Å². The number of benzene rings is 2. The number of hydrogen-bond donors (Lipinski definition) is 2. The highest BCUT2D eigenvalue weighted by Gasteiger charge is 2.39. The van der Waals surface area contributed by atoms with Gasteiger partial charge in [0.15, 0.2) is 11.5 Å². The lowest BCUT2D eigenvalue weighted by Gasteiger charge is -2.47. The molecule has 234 valence electrons. The minimum Gasteiger partial charge on any atom is -0.486 e. The van der Waals surface area contributed by atoms with Crippen LogP contribution in [0.4, 0.5) is 13.2 Å². The molecule has 0 unspecified atom stereocenters. The summed E-state index contributed by atoms with van der Waals surface area (Å²) in [6, 6.07) is 13.5. The van der Waals surface area contributed by atoms with Crippen LogP contribution in [-0.4, -0.2) is 77.3 Å². The number of carbonyl (C=O) groups excluding carboxylic acids is 2. The van der Waals surface area contributed by atoms with Gasteiger partial charge in [-0.15, -0.1) is 0 Å². The number of rotatable bonds is 5. The number of piperidine rings is 2. The van der Waals surface area contributed by atoms with Crippen molar-refractivity contribution in [3.8, 4) is 11.5 Å². The number of nitrogens with two attached hydrogens (primary N) is 1. The second kappa shape index (κ2) is 12.8. The average Bonchev–Trinajstić information content (AvgIpc) is 2.94. The summed E-state index contributed by atoms with van der Waals surface area (Å²) < 4.78 is 44.0. The average molecular weight is 606 g/mol. The standard InChI is InChI=1S/C29H37N3O4.C2HF3O2/c1-28(2)20-35-24-5-3-4-23(26(24)36-28)19-31-14-10-29(11-15-31)12-16-32(17-13-29)27(34)22-8-6-21(7-9-22)18-25(30)33;3-2(4,5)1(6)7/h3-9H,10-20H2,1-2H3,(H2,30,33);(H,6,7). The zero-order valence-electron chi connectivity index (χ0n) is 24.4. The Bertz CT molecular complexity index is 1310. The maximum atomic E-state index is 13.0. The zero-order chi connectivity index (χ0) is 31.4. The first-order valence-corrected chi connectivity index (χ1v) is 14.3. The van der Waals surface area contributed by atoms with Gasteiger partial charge in [-0.1, -0.05) is 24.3 Å². The molecule has 2 aromatic carbocycles. The third-order valence-corrected chi connectivity index (χ3v) is 8.26. The summed E-state index contributed by atoms with van der Waals surface area (Å²) in [5.74, 6) is -1.31. The van der Waals surface area contributed by atoms with Crippen LogP contribution in [-0.2, 0) is 22.6 Å². The van der Waals surface area contributed by atoms with Crippen molar-refractivity contribution in [1.82, 2.24) is 9.80 Å². The zero-order valence-corrected chi connectivity index (χ0v) is 24.4. The predicted molar refractivity (Wildman–Crippen MR) is 152 cm³/mol. The van der Waals surface area contributed by atoms with E-state index in [1.807, 2.05) is 35.2 Å². The first kappa shape index (κ1) is 32.1. The normalized spacial score (nSPS) is 19.2. The summed E-state index contributed by atoms with van der Waals surface area (Å²) in [5.41, 5.74) is 7.98. The first-order valence-electron chi connectivity index (χ1n) is 14.3. The first-order chi connectivity index (χ1) is 20.2. The van der Waals surface area contributed by atoms with Gasteiger partial charge in [-0.25, -0.2) is 4.79 Å². The molecule has 0 aromatic heterocycles. The molecule has 0 aliphatic carbocycles. The molecule has 3 heterocycles. The third-order valence-electron chi connectivity index (χ3n) is 8.26. The SMILES string of the molecule is CC1(C)COc2cccc(CN3CCC4(CC3)CCN(C(=O)c3ccc(CC(N)=O)cc3)CC4)c2O1.O=C(O)C(F)(F)F. The molecule has 0 bridgehead atoms. The minimum absolute atomic E-state index is 0.0758. The molecule has 0 atom stereocenters.